The Bertz CT molecular complexity index is 1360. The molecule has 1 heterocycles. The molecule has 0 spiro atoms. The van der Waals surface area contributed by atoms with Crippen molar-refractivity contribution in [2.45, 2.75) is 51.0 Å². The predicted octanol–water partition coefficient (Wildman–Crippen LogP) is 2.60. The number of H-pyrrole nitrogens is 1. The third-order valence-corrected chi connectivity index (χ3v) is 7.20. The molecule has 9 nitrogen and oxygen atoms in total. The van der Waals surface area contributed by atoms with E-state index in [1.165, 1.54) is 18.2 Å². The Labute approximate surface area is 190 Å². The van der Waals surface area contributed by atoms with Crippen molar-refractivity contribution < 1.29 is 22.0 Å². The van der Waals surface area contributed by atoms with Crippen molar-refractivity contribution in [3.8, 4) is 0 Å². The molecule has 0 aliphatic carbocycles. The number of sulfonamides is 1. The Morgan fingerprint density at radius 3 is 2.55 bits per heavy atom. The third kappa shape index (κ3) is 4.88. The molecule has 0 unspecified atom stereocenters. The fourth-order valence-electron chi connectivity index (χ4n) is 3.73. The molecule has 0 saturated carbocycles. The second-order valence-electron chi connectivity index (χ2n) is 7.79. The molecule has 0 aliphatic heterocycles. The molecule has 3 rings (SSSR count). The highest BCUT2D eigenvalue weighted by Gasteiger charge is 2.34. The molecule has 1 amide bonds. The van der Waals surface area contributed by atoms with Crippen molar-refractivity contribution >= 4 is 15.9 Å². The summed E-state index contributed by atoms with van der Waals surface area (Å²) >= 11 is 0. The number of aromatic amines is 1. The molecule has 33 heavy (non-hydrogen) atoms. The smallest absolute Gasteiger partial charge is 0.391 e. The summed E-state index contributed by atoms with van der Waals surface area (Å²) in [6, 6.07) is 5.89. The number of nitrogens with zero attached hydrogens (tertiary/aromatic N) is 1. The molecule has 0 radical (unpaired) electrons. The van der Waals surface area contributed by atoms with Crippen LogP contribution in [0.3, 0.4) is 0 Å². The first-order valence-corrected chi connectivity index (χ1v) is 11.7. The van der Waals surface area contributed by atoms with Crippen LogP contribution in [-0.4, -0.2) is 24.5 Å². The summed E-state index contributed by atoms with van der Waals surface area (Å²) < 4.78 is 49.0. The van der Waals surface area contributed by atoms with Crippen LogP contribution in [0, 0.1) is 19.7 Å². The third-order valence-electron chi connectivity index (χ3n) is 5.70. The van der Waals surface area contributed by atoms with Crippen molar-refractivity contribution in [1.29, 1.82) is 0 Å². The topological polar surface area (TPSA) is 148 Å². The van der Waals surface area contributed by atoms with E-state index in [0.717, 1.165) is 11.1 Å². The predicted molar refractivity (Wildman–Crippen MR) is 119 cm³/mol. The maximum absolute atomic E-state index is 14.8. The van der Waals surface area contributed by atoms with Crippen molar-refractivity contribution in [3.63, 3.8) is 0 Å². The van der Waals surface area contributed by atoms with Gasteiger partial charge < -0.3 is 10.2 Å². The first-order valence-electron chi connectivity index (χ1n) is 10.2. The van der Waals surface area contributed by atoms with Crippen LogP contribution >= 0.6 is 0 Å². The Morgan fingerprint density at radius 2 is 1.97 bits per heavy atom. The summed E-state index contributed by atoms with van der Waals surface area (Å²) in [4.78, 5) is 23.2. The minimum absolute atomic E-state index is 0.186. The summed E-state index contributed by atoms with van der Waals surface area (Å²) in [7, 11) is -4.38. The Balaban J connectivity index is 2.14. The summed E-state index contributed by atoms with van der Waals surface area (Å²) in [5, 5.41) is 5.85. The normalized spacial score (nSPS) is 13.6. The fraction of sp³-hybridized carbons (Fsp3) is 0.318. The second-order valence-corrected chi connectivity index (χ2v) is 9.47. The maximum atomic E-state index is 14.8. The van der Waals surface area contributed by atoms with Crippen molar-refractivity contribution in [3.05, 3.63) is 80.4 Å². The van der Waals surface area contributed by atoms with Crippen molar-refractivity contribution in [1.82, 2.24) is 14.9 Å². The van der Waals surface area contributed by atoms with Gasteiger partial charge in [-0.15, -0.1) is 5.10 Å². The van der Waals surface area contributed by atoms with Gasteiger partial charge in [-0.25, -0.2) is 22.7 Å². The molecule has 11 heteroatoms. The molecule has 0 bridgehead atoms. The van der Waals surface area contributed by atoms with Crippen molar-refractivity contribution in [2.75, 3.05) is 0 Å². The van der Waals surface area contributed by atoms with Crippen LogP contribution in [0.25, 0.3) is 0 Å². The van der Waals surface area contributed by atoms with Gasteiger partial charge in [0.05, 0.1) is 10.5 Å². The number of nitrogens with two attached hydrogens (primary N) is 1. The fourth-order valence-corrected chi connectivity index (χ4v) is 5.19. The van der Waals surface area contributed by atoms with Gasteiger partial charge in [-0.05, 0) is 60.7 Å². The van der Waals surface area contributed by atoms with Gasteiger partial charge in [-0.1, -0.05) is 26.0 Å². The second kappa shape index (κ2) is 9.28. The lowest BCUT2D eigenvalue weighted by Gasteiger charge is -2.25. The molecule has 4 N–H and O–H groups in total. The first kappa shape index (κ1) is 24.3. The van der Waals surface area contributed by atoms with Gasteiger partial charge in [0.1, 0.15) is 11.9 Å². The highest BCUT2D eigenvalue weighted by atomic mass is 32.2. The van der Waals surface area contributed by atoms with Gasteiger partial charge in [-0.3, -0.25) is 4.79 Å². The quantitative estimate of drug-likeness (QED) is 0.455. The van der Waals surface area contributed by atoms with E-state index >= 15 is 0 Å². The molecule has 0 aliphatic rings. The highest BCUT2D eigenvalue weighted by Crippen LogP contribution is 2.35. The molecular weight excluding hydrogens is 451 g/mol. The van der Waals surface area contributed by atoms with Gasteiger partial charge in [0, 0.05) is 5.92 Å². The highest BCUT2D eigenvalue weighted by molar-refractivity contribution is 7.89. The van der Waals surface area contributed by atoms with E-state index in [4.69, 9.17) is 10.2 Å². The summed E-state index contributed by atoms with van der Waals surface area (Å²) in [5.74, 6) is -3.46. The van der Waals surface area contributed by atoms with Crippen LogP contribution in [0.1, 0.15) is 64.3 Å². The van der Waals surface area contributed by atoms with Crippen molar-refractivity contribution in [2.24, 2.45) is 5.73 Å². The van der Waals surface area contributed by atoms with Gasteiger partial charge >= 0.3 is 5.76 Å². The molecule has 176 valence electrons. The molecule has 2 aromatic carbocycles. The van der Waals surface area contributed by atoms with Crippen LogP contribution in [0.5, 0.6) is 0 Å². The first-order chi connectivity index (χ1) is 15.5. The standard InChI is InChI=1S/C22H25FN4O5S/c1-5-14-7-9-17(15(10-14)20(24)28)33(30,31)27-19(21-25-26-22(29)32-21)13(4)18-12(3)11(2)6-8-16(18)23/h6-10,13,19,27H,5H2,1-4H3,(H2,24,28)(H,26,29)/t13-,19+/m1/s1. The minimum atomic E-state index is -4.38. The molecular formula is C22H25FN4O5S. The lowest BCUT2D eigenvalue weighted by atomic mass is 9.88. The zero-order valence-electron chi connectivity index (χ0n) is 18.6. The van der Waals surface area contributed by atoms with Gasteiger partial charge in [0.15, 0.2) is 0 Å². The molecule has 0 saturated heterocycles. The van der Waals surface area contributed by atoms with Gasteiger partial charge in [-0.2, -0.15) is 4.72 Å². The number of halogens is 1. The van der Waals surface area contributed by atoms with Crippen LogP contribution < -0.4 is 16.2 Å². The number of aromatic nitrogens is 2. The Morgan fingerprint density at radius 1 is 1.27 bits per heavy atom. The lowest BCUT2D eigenvalue weighted by molar-refractivity contribution is 0.0997. The number of nitrogens with one attached hydrogen (secondary N) is 2. The van der Waals surface area contributed by atoms with Crippen LogP contribution in [0.2, 0.25) is 0 Å². The van der Waals surface area contributed by atoms with E-state index in [1.54, 1.807) is 32.9 Å². The molecule has 3 aromatic rings. The molecule has 2 atom stereocenters. The number of rotatable bonds is 8. The number of amides is 1. The minimum Gasteiger partial charge on any atom is -0.391 e. The van der Waals surface area contributed by atoms with Crippen LogP contribution in [-0.2, 0) is 16.4 Å². The van der Waals surface area contributed by atoms with E-state index in [0.29, 0.717) is 12.0 Å². The SMILES string of the molecule is CCc1ccc(S(=O)(=O)N[C@H](c2n[nH]c(=O)o2)[C@H](C)c2c(F)ccc(C)c2C)c(C(N)=O)c1. The number of aryl methyl sites for hydroxylation is 2. The van der Waals surface area contributed by atoms with Gasteiger partial charge in [0.25, 0.3) is 0 Å². The van der Waals surface area contributed by atoms with E-state index in [1.807, 2.05) is 6.92 Å². The van der Waals surface area contributed by atoms with Gasteiger partial charge in [0.2, 0.25) is 21.8 Å². The van der Waals surface area contributed by atoms with E-state index in [9.17, 15) is 22.4 Å². The van der Waals surface area contributed by atoms with E-state index in [-0.39, 0.29) is 21.9 Å². The number of primary amides is 1. The monoisotopic (exact) mass is 476 g/mol. The number of hydrogen-bond donors (Lipinski definition) is 3. The maximum Gasteiger partial charge on any atom is 0.434 e. The number of benzene rings is 2. The van der Waals surface area contributed by atoms with E-state index < -0.39 is 39.5 Å². The summed E-state index contributed by atoms with van der Waals surface area (Å²) in [6.07, 6.45) is 0.567. The zero-order valence-corrected chi connectivity index (χ0v) is 19.4. The number of hydrogen-bond acceptors (Lipinski definition) is 6. The average molecular weight is 477 g/mol. The van der Waals surface area contributed by atoms with Crippen LogP contribution in [0.15, 0.2) is 44.4 Å². The summed E-state index contributed by atoms with van der Waals surface area (Å²) in [5.41, 5.74) is 7.63. The van der Waals surface area contributed by atoms with E-state index in [2.05, 4.69) is 14.9 Å². The summed E-state index contributed by atoms with van der Waals surface area (Å²) in [6.45, 7) is 6.95. The van der Waals surface area contributed by atoms with Crippen LogP contribution in [0.4, 0.5) is 4.39 Å². The lowest BCUT2D eigenvalue weighted by Crippen LogP contribution is -2.34. The Hall–Kier alpha value is -3.31. The molecule has 0 fully saturated rings. The average Bonchev–Trinajstić information content (AvgIpc) is 3.20. The zero-order chi connectivity index (χ0) is 24.5. The number of carbonyl (C=O) groups is 1. The largest absolute Gasteiger partial charge is 0.434 e. The number of carbonyl (C=O) groups excluding carboxylic acids is 1. The molecule has 1 aromatic heterocycles. The Kier molecular flexibility index (Phi) is 6.84.